The van der Waals surface area contributed by atoms with Gasteiger partial charge in [-0.2, -0.15) is 0 Å². The Morgan fingerprint density at radius 1 is 1.06 bits per heavy atom. The van der Waals surface area contributed by atoms with Gasteiger partial charge in [-0.3, -0.25) is 10.2 Å². The van der Waals surface area contributed by atoms with Crippen LogP contribution in [0.1, 0.15) is 74.5 Å². The predicted octanol–water partition coefficient (Wildman–Crippen LogP) is 6.09. The smallest absolute Gasteiger partial charge is 0.182 e. The number of likely N-dealkylation sites (tertiary alicyclic amines) is 1. The van der Waals surface area contributed by atoms with Crippen LogP contribution in [0.15, 0.2) is 42.5 Å². The summed E-state index contributed by atoms with van der Waals surface area (Å²) in [7, 11) is 1.68. The number of nitrogens with zero attached hydrogens (tertiary/aromatic N) is 1. The van der Waals surface area contributed by atoms with Crippen molar-refractivity contribution < 1.29 is 14.6 Å². The van der Waals surface area contributed by atoms with Crippen molar-refractivity contribution in [3.05, 3.63) is 64.7 Å². The molecule has 0 radical (unpaired) electrons. The molecular weight excluding hydrogens is 492 g/mol. The second-order valence-corrected chi connectivity index (χ2v) is 11.2. The van der Waals surface area contributed by atoms with E-state index < -0.39 is 0 Å². The summed E-state index contributed by atoms with van der Waals surface area (Å²) in [5.74, 6) is 0.717. The quantitative estimate of drug-likeness (QED) is 0.443. The van der Waals surface area contributed by atoms with E-state index in [1.807, 2.05) is 88.9 Å². The zero-order chi connectivity index (χ0) is 24.6. The summed E-state index contributed by atoms with van der Waals surface area (Å²) in [4.78, 5) is 15.4. The second-order valence-electron chi connectivity index (χ2n) is 11.2. The molecule has 186 valence electrons. The Balaban J connectivity index is 0.00000408. The third kappa shape index (κ3) is 5.89. The number of hydrogen-bond acceptors (Lipinski definition) is 4. The lowest BCUT2D eigenvalue weighted by atomic mass is 9.78. The molecule has 0 saturated carbocycles. The number of Topliss-reactive ketones (excluding diaryl/α,β-unsaturated/α-hetero) is 1. The summed E-state index contributed by atoms with van der Waals surface area (Å²) in [6.07, 6.45) is 0. The van der Waals surface area contributed by atoms with E-state index in [-0.39, 0.29) is 57.7 Å². The molecule has 0 bridgehead atoms. The number of halogens is 1. The van der Waals surface area contributed by atoms with E-state index in [0.717, 1.165) is 16.7 Å². The molecule has 3 rings (SSSR count). The maximum atomic E-state index is 13.5. The highest BCUT2D eigenvalue weighted by atomic mass is 79.9. The summed E-state index contributed by atoms with van der Waals surface area (Å²) in [6, 6.07) is 13.7. The van der Waals surface area contributed by atoms with E-state index in [1.165, 1.54) is 0 Å². The van der Waals surface area contributed by atoms with Gasteiger partial charge in [0.05, 0.1) is 13.2 Å². The summed E-state index contributed by atoms with van der Waals surface area (Å²) in [5.41, 5.74) is 2.60. The van der Waals surface area contributed by atoms with Gasteiger partial charge in [-0.1, -0.05) is 71.9 Å². The Labute approximate surface area is 214 Å². The van der Waals surface area contributed by atoms with Crippen molar-refractivity contribution in [2.45, 2.75) is 58.3 Å². The molecule has 2 N–H and O–H groups in total. The first kappa shape index (κ1) is 28.1. The van der Waals surface area contributed by atoms with Crippen LogP contribution in [0.3, 0.4) is 0 Å². The molecule has 1 aliphatic rings. The van der Waals surface area contributed by atoms with Gasteiger partial charge in [-0.05, 0) is 28.5 Å². The highest BCUT2D eigenvalue weighted by Crippen LogP contribution is 2.40. The van der Waals surface area contributed by atoms with E-state index >= 15 is 0 Å². The summed E-state index contributed by atoms with van der Waals surface area (Å²) in [6.45, 7) is 13.5. The third-order valence-corrected chi connectivity index (χ3v) is 6.48. The van der Waals surface area contributed by atoms with Crippen LogP contribution >= 0.6 is 17.0 Å². The van der Waals surface area contributed by atoms with Gasteiger partial charge in [0.1, 0.15) is 11.6 Å². The SMILES string of the molecule is Br.COCC1CN(CC(=O)c2cc(C(C)(C)C)c(O)c(C(C)(C)C)c2)C(=N)C1c1ccccc1. The van der Waals surface area contributed by atoms with E-state index in [2.05, 4.69) is 0 Å². The monoisotopic (exact) mass is 530 g/mol. The first-order valence-electron chi connectivity index (χ1n) is 11.6. The lowest BCUT2D eigenvalue weighted by molar-refractivity contribution is 0.0955. The maximum absolute atomic E-state index is 13.5. The number of hydrogen-bond donors (Lipinski definition) is 2. The number of ether oxygens (including phenoxy) is 1. The number of aromatic hydroxyl groups is 1. The van der Waals surface area contributed by atoms with Gasteiger partial charge < -0.3 is 14.7 Å². The zero-order valence-corrected chi connectivity index (χ0v) is 23.1. The van der Waals surface area contributed by atoms with Gasteiger partial charge in [0.25, 0.3) is 0 Å². The number of carbonyl (C=O) groups excluding carboxylic acids is 1. The molecule has 0 aromatic heterocycles. The molecule has 2 atom stereocenters. The molecule has 1 fully saturated rings. The fraction of sp³-hybridized carbons (Fsp3) is 0.500. The fourth-order valence-electron chi connectivity index (χ4n) is 4.71. The van der Waals surface area contributed by atoms with E-state index in [9.17, 15) is 9.90 Å². The van der Waals surface area contributed by atoms with Crippen LogP contribution in [0.5, 0.6) is 5.75 Å². The van der Waals surface area contributed by atoms with Gasteiger partial charge in [0, 0.05) is 42.2 Å². The van der Waals surface area contributed by atoms with Crippen LogP contribution in [0.2, 0.25) is 0 Å². The number of ketones is 1. The van der Waals surface area contributed by atoms with Crippen molar-refractivity contribution >= 4 is 28.6 Å². The Morgan fingerprint density at radius 2 is 1.59 bits per heavy atom. The van der Waals surface area contributed by atoms with Crippen LogP contribution in [0.25, 0.3) is 0 Å². The number of phenolic OH excluding ortho intramolecular Hbond substituents is 1. The molecule has 2 aromatic carbocycles. The Kier molecular flexibility index (Phi) is 8.76. The third-order valence-electron chi connectivity index (χ3n) is 6.48. The topological polar surface area (TPSA) is 73.6 Å². The maximum Gasteiger partial charge on any atom is 0.182 e. The molecule has 34 heavy (non-hydrogen) atoms. The molecular formula is C28H39BrN2O3. The molecule has 1 saturated heterocycles. The first-order valence-corrected chi connectivity index (χ1v) is 11.6. The van der Waals surface area contributed by atoms with Gasteiger partial charge >= 0.3 is 0 Å². The minimum Gasteiger partial charge on any atom is -0.507 e. The summed E-state index contributed by atoms with van der Waals surface area (Å²) >= 11 is 0. The van der Waals surface area contributed by atoms with Crippen molar-refractivity contribution in [1.29, 1.82) is 5.41 Å². The average molecular weight is 532 g/mol. The van der Waals surface area contributed by atoms with Crippen molar-refractivity contribution in [3.63, 3.8) is 0 Å². The number of rotatable bonds is 6. The Morgan fingerprint density at radius 3 is 2.06 bits per heavy atom. The lowest BCUT2D eigenvalue weighted by Crippen LogP contribution is -2.32. The van der Waals surface area contributed by atoms with Crippen LogP contribution in [0.4, 0.5) is 0 Å². The predicted molar refractivity (Wildman–Crippen MR) is 144 cm³/mol. The number of amidine groups is 1. The van der Waals surface area contributed by atoms with Gasteiger partial charge in [0.15, 0.2) is 5.78 Å². The van der Waals surface area contributed by atoms with E-state index in [4.69, 9.17) is 10.1 Å². The normalized spacial score (nSPS) is 18.7. The molecule has 0 aliphatic carbocycles. The highest BCUT2D eigenvalue weighted by Gasteiger charge is 2.39. The molecule has 5 nitrogen and oxygen atoms in total. The second kappa shape index (κ2) is 10.6. The molecule has 1 heterocycles. The molecule has 0 spiro atoms. The number of methoxy groups -OCH3 is 1. The van der Waals surface area contributed by atoms with E-state index in [1.54, 1.807) is 7.11 Å². The molecule has 1 aliphatic heterocycles. The van der Waals surface area contributed by atoms with Crippen LogP contribution in [0, 0.1) is 11.3 Å². The Bertz CT molecular complexity index is 987. The number of phenols is 1. The van der Waals surface area contributed by atoms with Crippen LogP contribution < -0.4 is 0 Å². The fourth-order valence-corrected chi connectivity index (χ4v) is 4.71. The van der Waals surface area contributed by atoms with E-state index in [0.29, 0.717) is 24.6 Å². The van der Waals surface area contributed by atoms with Gasteiger partial charge in [-0.15, -0.1) is 17.0 Å². The highest BCUT2D eigenvalue weighted by molar-refractivity contribution is 8.93. The molecule has 6 heteroatoms. The number of nitrogens with one attached hydrogen (secondary N) is 1. The molecule has 2 unspecified atom stereocenters. The summed E-state index contributed by atoms with van der Waals surface area (Å²) < 4.78 is 5.45. The summed E-state index contributed by atoms with van der Waals surface area (Å²) in [5, 5.41) is 19.8. The minimum absolute atomic E-state index is 0. The minimum atomic E-state index is -0.303. The largest absolute Gasteiger partial charge is 0.507 e. The molecule has 2 aromatic rings. The van der Waals surface area contributed by atoms with Crippen molar-refractivity contribution in [3.8, 4) is 5.75 Å². The zero-order valence-electron chi connectivity index (χ0n) is 21.4. The molecule has 0 amide bonds. The van der Waals surface area contributed by atoms with Crippen molar-refractivity contribution in [1.82, 2.24) is 4.90 Å². The number of carbonyl (C=O) groups is 1. The average Bonchev–Trinajstić information content (AvgIpc) is 3.02. The van der Waals surface area contributed by atoms with Crippen LogP contribution in [-0.4, -0.2) is 48.4 Å². The van der Waals surface area contributed by atoms with Gasteiger partial charge in [0.2, 0.25) is 0 Å². The van der Waals surface area contributed by atoms with Gasteiger partial charge in [-0.25, -0.2) is 0 Å². The lowest BCUT2D eigenvalue weighted by Gasteiger charge is -2.28. The first-order chi connectivity index (χ1) is 15.3. The standard InChI is InChI=1S/C28H38N2O3.BrH/c1-27(2,3)21-13-19(14-22(25(21)32)28(4,5)6)23(31)16-30-15-20(17-33-7)24(26(30)29)18-11-9-8-10-12-18;/h8-14,20,24,29,32H,15-17H2,1-7H3;1H. The Hall–Kier alpha value is -2.18. The number of benzene rings is 2. The van der Waals surface area contributed by atoms with Crippen molar-refractivity contribution in [2.75, 3.05) is 26.8 Å². The van der Waals surface area contributed by atoms with Crippen LogP contribution in [-0.2, 0) is 15.6 Å². The van der Waals surface area contributed by atoms with Crippen molar-refractivity contribution in [2.24, 2.45) is 5.92 Å².